The summed E-state index contributed by atoms with van der Waals surface area (Å²) in [5.41, 5.74) is 0. The van der Waals surface area contributed by atoms with Gasteiger partial charge in [-0.1, -0.05) is 11.8 Å². The van der Waals surface area contributed by atoms with Crippen LogP contribution in [0.4, 0.5) is 0 Å². The van der Waals surface area contributed by atoms with E-state index in [2.05, 4.69) is 10.2 Å². The smallest absolute Gasteiger partial charge is 0.328 e. The van der Waals surface area contributed by atoms with E-state index in [4.69, 9.17) is 9.84 Å². The molecule has 8 nitrogen and oxygen atoms in total. The van der Waals surface area contributed by atoms with Crippen molar-refractivity contribution in [3.63, 3.8) is 0 Å². The minimum Gasteiger partial charge on any atom is -0.480 e. The van der Waals surface area contributed by atoms with E-state index in [0.29, 0.717) is 24.3 Å². The van der Waals surface area contributed by atoms with Gasteiger partial charge in [-0.25, -0.2) is 4.79 Å². The zero-order valence-electron chi connectivity index (χ0n) is 11.3. The average molecular weight is 312 g/mol. The van der Waals surface area contributed by atoms with Gasteiger partial charge in [0.05, 0.1) is 19.0 Å². The Kier molecular flexibility index (Phi) is 4.11. The summed E-state index contributed by atoms with van der Waals surface area (Å²) in [6.07, 6.45) is 3.91. The highest BCUT2D eigenvalue weighted by molar-refractivity contribution is 7.99. The van der Waals surface area contributed by atoms with Crippen LogP contribution in [0.3, 0.4) is 0 Å². The van der Waals surface area contributed by atoms with Crippen LogP contribution in [0.1, 0.15) is 18.9 Å². The van der Waals surface area contributed by atoms with Crippen molar-refractivity contribution in [2.24, 2.45) is 0 Å². The molecule has 3 rings (SSSR count). The number of hydrogen-bond donors (Lipinski definition) is 1. The lowest BCUT2D eigenvalue weighted by Gasteiger charge is -2.32. The Bertz CT molecular complexity index is 545. The summed E-state index contributed by atoms with van der Waals surface area (Å²) in [6, 6.07) is -0.444. The van der Waals surface area contributed by atoms with Gasteiger partial charge in [0, 0.05) is 12.6 Å². The van der Waals surface area contributed by atoms with Gasteiger partial charge in [-0.3, -0.25) is 4.79 Å². The summed E-state index contributed by atoms with van der Waals surface area (Å²) in [5, 5.41) is 17.7. The third-order valence-electron chi connectivity index (χ3n) is 3.54. The molecular formula is C12H16N4O4S. The van der Waals surface area contributed by atoms with E-state index in [-0.39, 0.29) is 18.3 Å². The molecule has 1 aromatic heterocycles. The Morgan fingerprint density at radius 2 is 2.29 bits per heavy atom. The second-order valence-electron chi connectivity index (χ2n) is 5.06. The molecule has 0 radical (unpaired) electrons. The molecule has 1 saturated carbocycles. The minimum atomic E-state index is -1.03. The number of aromatic nitrogens is 3. The van der Waals surface area contributed by atoms with Crippen molar-refractivity contribution >= 4 is 23.6 Å². The molecule has 1 N–H and O–H groups in total. The Balaban J connectivity index is 1.60. The molecule has 2 aliphatic rings. The number of morpholine rings is 1. The van der Waals surface area contributed by atoms with Crippen LogP contribution in [0.2, 0.25) is 0 Å². The Morgan fingerprint density at radius 1 is 1.48 bits per heavy atom. The molecule has 9 heteroatoms. The first-order valence-electron chi connectivity index (χ1n) is 6.79. The largest absolute Gasteiger partial charge is 0.480 e. The molecule has 0 spiro atoms. The lowest BCUT2D eigenvalue weighted by atomic mass is 10.2. The molecule has 1 unspecified atom stereocenters. The SMILES string of the molecule is O=C(O)C1COCCN1C(=O)CSc1nncn1C1CC1. The summed E-state index contributed by atoms with van der Waals surface area (Å²) in [5.74, 6) is -1.08. The number of thioether (sulfide) groups is 1. The first-order valence-corrected chi connectivity index (χ1v) is 7.77. The number of ether oxygens (including phenoxy) is 1. The summed E-state index contributed by atoms with van der Waals surface area (Å²) in [4.78, 5) is 24.8. The van der Waals surface area contributed by atoms with E-state index < -0.39 is 12.0 Å². The quantitative estimate of drug-likeness (QED) is 0.765. The van der Waals surface area contributed by atoms with Crippen LogP contribution in [0.5, 0.6) is 0 Å². The molecule has 0 aromatic carbocycles. The molecule has 1 aliphatic heterocycles. The van der Waals surface area contributed by atoms with Gasteiger partial charge in [-0.15, -0.1) is 10.2 Å². The molecule has 1 atom stereocenters. The van der Waals surface area contributed by atoms with Crippen LogP contribution in [0, 0.1) is 0 Å². The number of nitrogens with zero attached hydrogens (tertiary/aromatic N) is 4. The average Bonchev–Trinajstić information content (AvgIpc) is 3.23. The zero-order valence-corrected chi connectivity index (χ0v) is 12.2. The Hall–Kier alpha value is -1.61. The summed E-state index contributed by atoms with van der Waals surface area (Å²) in [6.45, 7) is 0.730. The topological polar surface area (TPSA) is 97.6 Å². The van der Waals surface area contributed by atoms with Crippen molar-refractivity contribution in [3.8, 4) is 0 Å². The van der Waals surface area contributed by atoms with Crippen LogP contribution in [-0.4, -0.2) is 68.2 Å². The van der Waals surface area contributed by atoms with Crippen LogP contribution >= 0.6 is 11.8 Å². The van der Waals surface area contributed by atoms with Gasteiger partial charge in [0.1, 0.15) is 6.33 Å². The molecule has 1 amide bonds. The first kappa shape index (κ1) is 14.3. The minimum absolute atomic E-state index is 0.0456. The van der Waals surface area contributed by atoms with Gasteiger partial charge < -0.3 is 19.3 Å². The van der Waals surface area contributed by atoms with Crippen molar-refractivity contribution in [3.05, 3.63) is 6.33 Å². The van der Waals surface area contributed by atoms with Crippen molar-refractivity contribution in [1.29, 1.82) is 0 Å². The summed E-state index contributed by atoms with van der Waals surface area (Å²) < 4.78 is 7.10. The number of carbonyl (C=O) groups is 2. The van der Waals surface area contributed by atoms with E-state index in [0.717, 1.165) is 12.8 Å². The molecule has 1 aromatic rings. The summed E-state index contributed by atoms with van der Waals surface area (Å²) in [7, 11) is 0. The molecule has 1 saturated heterocycles. The highest BCUT2D eigenvalue weighted by atomic mass is 32.2. The molecule has 1 aliphatic carbocycles. The number of rotatable bonds is 5. The van der Waals surface area contributed by atoms with Crippen molar-refractivity contribution in [1.82, 2.24) is 19.7 Å². The van der Waals surface area contributed by atoms with Crippen LogP contribution in [0.15, 0.2) is 11.5 Å². The second kappa shape index (κ2) is 6.02. The van der Waals surface area contributed by atoms with E-state index in [1.54, 1.807) is 6.33 Å². The monoisotopic (exact) mass is 312 g/mol. The molecular weight excluding hydrogens is 296 g/mol. The van der Waals surface area contributed by atoms with Gasteiger partial charge in [0.2, 0.25) is 5.91 Å². The van der Waals surface area contributed by atoms with E-state index in [9.17, 15) is 9.59 Å². The van der Waals surface area contributed by atoms with Gasteiger partial charge >= 0.3 is 5.97 Å². The molecule has 0 bridgehead atoms. The number of hydrogen-bond acceptors (Lipinski definition) is 6. The summed E-state index contributed by atoms with van der Waals surface area (Å²) >= 11 is 1.30. The number of aliphatic carboxylic acids is 1. The van der Waals surface area contributed by atoms with Crippen molar-refractivity contribution in [2.45, 2.75) is 30.1 Å². The number of amides is 1. The van der Waals surface area contributed by atoms with Crippen LogP contribution in [-0.2, 0) is 14.3 Å². The van der Waals surface area contributed by atoms with Crippen molar-refractivity contribution < 1.29 is 19.4 Å². The highest BCUT2D eigenvalue weighted by Gasteiger charge is 2.33. The van der Waals surface area contributed by atoms with Gasteiger partial charge in [-0.2, -0.15) is 0 Å². The fourth-order valence-electron chi connectivity index (χ4n) is 2.25. The maximum absolute atomic E-state index is 12.2. The van der Waals surface area contributed by atoms with Gasteiger partial charge in [0.15, 0.2) is 11.2 Å². The van der Waals surface area contributed by atoms with Crippen LogP contribution < -0.4 is 0 Å². The van der Waals surface area contributed by atoms with Gasteiger partial charge in [-0.05, 0) is 12.8 Å². The van der Waals surface area contributed by atoms with E-state index in [1.165, 1.54) is 16.7 Å². The number of carboxylic acid groups (broad SMARTS) is 1. The molecule has 114 valence electrons. The lowest BCUT2D eigenvalue weighted by molar-refractivity contribution is -0.157. The maximum atomic E-state index is 12.2. The second-order valence-corrected chi connectivity index (χ2v) is 6.00. The van der Waals surface area contributed by atoms with E-state index >= 15 is 0 Å². The Morgan fingerprint density at radius 3 is 3.00 bits per heavy atom. The third kappa shape index (κ3) is 3.18. The predicted octanol–water partition coefficient (Wildman–Crippen LogP) is 0.0171. The normalized spacial score (nSPS) is 22.3. The molecule has 21 heavy (non-hydrogen) atoms. The Labute approximate surface area is 125 Å². The lowest BCUT2D eigenvalue weighted by Crippen LogP contribution is -2.53. The molecule has 2 heterocycles. The number of carbonyl (C=O) groups excluding carboxylic acids is 1. The zero-order chi connectivity index (χ0) is 14.8. The highest BCUT2D eigenvalue weighted by Crippen LogP contribution is 2.37. The fourth-order valence-corrected chi connectivity index (χ4v) is 3.12. The fraction of sp³-hybridized carbons (Fsp3) is 0.667. The van der Waals surface area contributed by atoms with E-state index in [1.807, 2.05) is 4.57 Å². The van der Waals surface area contributed by atoms with Crippen molar-refractivity contribution in [2.75, 3.05) is 25.5 Å². The number of carboxylic acids is 1. The standard InChI is InChI=1S/C12H16N4O4S/c17-10(15-3-4-20-5-9(15)11(18)19)6-21-12-14-13-7-16(12)8-1-2-8/h7-9H,1-6H2,(H,18,19). The third-order valence-corrected chi connectivity index (χ3v) is 4.48. The maximum Gasteiger partial charge on any atom is 0.328 e. The molecule has 2 fully saturated rings. The predicted molar refractivity (Wildman–Crippen MR) is 73.0 cm³/mol. The van der Waals surface area contributed by atoms with Gasteiger partial charge in [0.25, 0.3) is 0 Å². The first-order chi connectivity index (χ1) is 10.2. The van der Waals surface area contributed by atoms with Crippen LogP contribution in [0.25, 0.3) is 0 Å².